The molecule has 32 heavy (non-hydrogen) atoms. The van der Waals surface area contributed by atoms with Crippen LogP contribution in [0.15, 0.2) is 66.3 Å². The Bertz CT molecular complexity index is 1230. The second-order valence-corrected chi connectivity index (χ2v) is 8.03. The summed E-state index contributed by atoms with van der Waals surface area (Å²) in [7, 11) is 0. The van der Waals surface area contributed by atoms with Crippen LogP contribution in [0.25, 0.3) is 11.3 Å². The van der Waals surface area contributed by atoms with Gasteiger partial charge in [-0.3, -0.25) is 9.59 Å². The SMILES string of the molecule is C=CCSc1nc([O-])c2[n+](n1)C(c1cccc(OC(C)=O)c1)N(C(C)=O)c1ccccc1-2. The van der Waals surface area contributed by atoms with Crippen molar-refractivity contribution < 1.29 is 24.1 Å². The fraction of sp³-hybridized carbons (Fsp3) is 0.174. The van der Waals surface area contributed by atoms with Gasteiger partial charge in [-0.25, -0.2) is 9.88 Å². The molecule has 0 radical (unpaired) electrons. The Morgan fingerprint density at radius 1 is 1.25 bits per heavy atom. The van der Waals surface area contributed by atoms with Crippen molar-refractivity contribution in [3.05, 3.63) is 66.7 Å². The number of esters is 1. The zero-order chi connectivity index (χ0) is 22.8. The molecule has 0 saturated heterocycles. The van der Waals surface area contributed by atoms with Crippen molar-refractivity contribution in [3.8, 4) is 22.9 Å². The van der Waals surface area contributed by atoms with E-state index in [-0.39, 0.29) is 16.8 Å². The topological polar surface area (TPSA) is 99.3 Å². The molecule has 2 aromatic carbocycles. The summed E-state index contributed by atoms with van der Waals surface area (Å²) in [5, 5.41) is 18.0. The molecule has 0 aliphatic carbocycles. The predicted octanol–water partition coefficient (Wildman–Crippen LogP) is 2.62. The molecule has 1 amide bonds. The maximum Gasteiger partial charge on any atom is 0.308 e. The van der Waals surface area contributed by atoms with Crippen LogP contribution in [0.1, 0.15) is 25.6 Å². The van der Waals surface area contributed by atoms with Crippen LogP contribution in [0.5, 0.6) is 11.6 Å². The van der Waals surface area contributed by atoms with Crippen molar-refractivity contribution in [2.45, 2.75) is 25.2 Å². The number of nitrogens with zero attached hydrogens (tertiary/aromatic N) is 4. The summed E-state index contributed by atoms with van der Waals surface area (Å²) in [5.41, 5.74) is 2.05. The lowest BCUT2D eigenvalue weighted by Crippen LogP contribution is -2.58. The van der Waals surface area contributed by atoms with E-state index in [4.69, 9.17) is 4.74 Å². The van der Waals surface area contributed by atoms with Gasteiger partial charge in [-0.15, -0.1) is 6.58 Å². The van der Waals surface area contributed by atoms with Gasteiger partial charge >= 0.3 is 5.97 Å². The molecule has 0 fully saturated rings. The van der Waals surface area contributed by atoms with Gasteiger partial charge in [0.2, 0.25) is 5.91 Å². The van der Waals surface area contributed by atoms with Crippen molar-refractivity contribution >= 4 is 29.3 Å². The fourth-order valence-corrected chi connectivity index (χ4v) is 4.23. The monoisotopic (exact) mass is 448 g/mol. The standard InChI is InChI=1S/C23H20N4O4S/c1-4-12-32-23-24-21(30)20-18-10-5-6-11-19(18)26(14(2)28)22(27(20)25-23)16-8-7-9-17(13-16)31-15(3)29/h4-11,13,22H,1,12H2,2-3H3. The molecule has 0 saturated carbocycles. The molecular weight excluding hydrogens is 428 g/mol. The van der Waals surface area contributed by atoms with E-state index in [2.05, 4.69) is 16.7 Å². The first-order chi connectivity index (χ1) is 15.4. The first kappa shape index (κ1) is 21.5. The van der Waals surface area contributed by atoms with Gasteiger partial charge in [-0.05, 0) is 30.3 Å². The summed E-state index contributed by atoms with van der Waals surface area (Å²) in [6.45, 7) is 6.46. The molecule has 0 bridgehead atoms. The van der Waals surface area contributed by atoms with E-state index in [0.717, 1.165) is 0 Å². The van der Waals surface area contributed by atoms with Crippen LogP contribution < -0.4 is 19.4 Å². The highest BCUT2D eigenvalue weighted by atomic mass is 32.2. The largest absolute Gasteiger partial charge is 0.854 e. The Morgan fingerprint density at radius 3 is 2.75 bits per heavy atom. The number of carbonyl (C=O) groups is 2. The molecular formula is C23H20N4O4S. The minimum atomic E-state index is -0.772. The molecule has 0 spiro atoms. The number of aromatic nitrogens is 3. The average molecular weight is 449 g/mol. The lowest BCUT2D eigenvalue weighted by molar-refractivity contribution is -0.764. The molecule has 1 unspecified atom stereocenters. The highest BCUT2D eigenvalue weighted by molar-refractivity contribution is 7.99. The summed E-state index contributed by atoms with van der Waals surface area (Å²) >= 11 is 1.27. The number of thioether (sulfide) groups is 1. The number of carbonyl (C=O) groups excluding carboxylic acids is 2. The molecule has 2 heterocycles. The van der Waals surface area contributed by atoms with E-state index in [9.17, 15) is 14.7 Å². The van der Waals surface area contributed by atoms with E-state index in [1.165, 1.54) is 30.3 Å². The molecule has 8 nitrogen and oxygen atoms in total. The first-order valence-corrected chi connectivity index (χ1v) is 10.8. The number of fused-ring (bicyclic) bond motifs is 3. The molecule has 1 aromatic heterocycles. The summed E-state index contributed by atoms with van der Waals surface area (Å²) < 4.78 is 6.76. The van der Waals surface area contributed by atoms with Gasteiger partial charge in [-0.1, -0.05) is 40.7 Å². The lowest BCUT2D eigenvalue weighted by atomic mass is 10.0. The van der Waals surface area contributed by atoms with Crippen LogP contribution in [0.2, 0.25) is 0 Å². The Labute approximate surface area is 189 Å². The normalized spacial score (nSPS) is 14.3. The van der Waals surface area contributed by atoms with E-state index in [1.54, 1.807) is 59.5 Å². The molecule has 4 rings (SSSR count). The van der Waals surface area contributed by atoms with Crippen LogP contribution in [0.4, 0.5) is 5.69 Å². The van der Waals surface area contributed by atoms with Gasteiger partial charge in [-0.2, -0.15) is 0 Å². The molecule has 1 aliphatic rings. The van der Waals surface area contributed by atoms with Gasteiger partial charge in [0.05, 0.1) is 17.1 Å². The van der Waals surface area contributed by atoms with Crippen molar-refractivity contribution in [1.82, 2.24) is 10.1 Å². The first-order valence-electron chi connectivity index (χ1n) is 9.83. The zero-order valence-electron chi connectivity index (χ0n) is 17.5. The van der Waals surface area contributed by atoms with E-state index in [0.29, 0.717) is 28.3 Å². The van der Waals surface area contributed by atoms with Gasteiger partial charge in [0.15, 0.2) is 0 Å². The third-order valence-electron chi connectivity index (χ3n) is 4.80. The maximum atomic E-state index is 13.1. The highest BCUT2D eigenvalue weighted by Crippen LogP contribution is 2.41. The second kappa shape index (κ2) is 8.80. The predicted molar refractivity (Wildman–Crippen MR) is 117 cm³/mol. The Morgan fingerprint density at radius 2 is 2.03 bits per heavy atom. The van der Waals surface area contributed by atoms with Crippen molar-refractivity contribution in [2.24, 2.45) is 0 Å². The smallest absolute Gasteiger partial charge is 0.308 e. The number of amides is 1. The van der Waals surface area contributed by atoms with E-state index in [1.807, 2.05) is 0 Å². The number of anilines is 1. The molecule has 1 atom stereocenters. The summed E-state index contributed by atoms with van der Waals surface area (Å²) in [4.78, 5) is 30.0. The van der Waals surface area contributed by atoms with E-state index >= 15 is 0 Å². The number of benzene rings is 2. The number of hydrogen-bond donors (Lipinski definition) is 0. The third kappa shape index (κ3) is 3.94. The molecule has 162 valence electrons. The van der Waals surface area contributed by atoms with Crippen molar-refractivity contribution in [1.29, 1.82) is 0 Å². The zero-order valence-corrected chi connectivity index (χ0v) is 18.3. The van der Waals surface area contributed by atoms with Gasteiger partial charge in [0, 0.05) is 30.3 Å². The highest BCUT2D eigenvalue weighted by Gasteiger charge is 2.44. The minimum Gasteiger partial charge on any atom is -0.854 e. The van der Waals surface area contributed by atoms with Gasteiger partial charge in [0.25, 0.3) is 17.0 Å². The van der Waals surface area contributed by atoms with E-state index < -0.39 is 18.0 Å². The van der Waals surface area contributed by atoms with Crippen molar-refractivity contribution in [3.63, 3.8) is 0 Å². The molecule has 0 N–H and O–H groups in total. The van der Waals surface area contributed by atoms with Crippen LogP contribution in [-0.4, -0.2) is 27.7 Å². The van der Waals surface area contributed by atoms with Gasteiger partial charge in [0.1, 0.15) is 5.75 Å². The quantitative estimate of drug-likeness (QED) is 0.194. The van der Waals surface area contributed by atoms with Gasteiger partial charge < -0.3 is 9.84 Å². The summed E-state index contributed by atoms with van der Waals surface area (Å²) in [6, 6.07) is 14.0. The Balaban J connectivity index is 1.98. The number of ether oxygens (including phenoxy) is 1. The number of hydrogen-bond acceptors (Lipinski definition) is 7. The Kier molecular flexibility index (Phi) is 5.91. The third-order valence-corrected chi connectivity index (χ3v) is 5.64. The van der Waals surface area contributed by atoms with Crippen LogP contribution in [-0.2, 0) is 9.59 Å². The van der Waals surface area contributed by atoms with Crippen LogP contribution in [0.3, 0.4) is 0 Å². The average Bonchev–Trinajstić information content (AvgIpc) is 2.76. The lowest BCUT2D eigenvalue weighted by Gasteiger charge is -2.32. The number of rotatable bonds is 5. The summed E-state index contributed by atoms with van der Waals surface area (Å²) in [6.07, 6.45) is 0.923. The maximum absolute atomic E-state index is 13.1. The number of para-hydroxylation sites is 1. The van der Waals surface area contributed by atoms with Crippen LogP contribution >= 0.6 is 11.8 Å². The summed E-state index contributed by atoms with van der Waals surface area (Å²) in [5.74, 6) is -0.274. The Hall–Kier alpha value is -3.72. The molecule has 9 heteroatoms. The minimum absolute atomic E-state index is 0.232. The molecule has 3 aromatic rings. The van der Waals surface area contributed by atoms with Crippen molar-refractivity contribution in [2.75, 3.05) is 10.7 Å². The second-order valence-electron chi connectivity index (χ2n) is 7.04. The fourth-order valence-electron chi connectivity index (χ4n) is 3.67. The molecule has 1 aliphatic heterocycles. The van der Waals surface area contributed by atoms with Crippen LogP contribution in [0, 0.1) is 0 Å².